The van der Waals surface area contributed by atoms with Crippen LogP contribution in [0.2, 0.25) is 0 Å². The number of hydrogen-bond acceptors (Lipinski definition) is 4. The van der Waals surface area contributed by atoms with Crippen LogP contribution in [0.5, 0.6) is 0 Å². The molecule has 1 amide bonds. The van der Waals surface area contributed by atoms with Crippen LogP contribution in [0.15, 0.2) is 30.5 Å². The molecule has 120 valence electrons. The summed E-state index contributed by atoms with van der Waals surface area (Å²) in [5.41, 5.74) is 3.86. The molecule has 0 aliphatic carbocycles. The van der Waals surface area contributed by atoms with Gasteiger partial charge in [0.15, 0.2) is 0 Å². The van der Waals surface area contributed by atoms with Crippen molar-refractivity contribution >= 4 is 17.7 Å². The second kappa shape index (κ2) is 7.84. The number of amides is 1. The Balaban J connectivity index is 1.78. The second-order valence-electron chi connectivity index (χ2n) is 5.40. The smallest absolute Gasteiger partial charge is 0.230 e. The van der Waals surface area contributed by atoms with Gasteiger partial charge in [0.05, 0.1) is 29.6 Å². The number of aryl methyl sites for hydroxylation is 1. The summed E-state index contributed by atoms with van der Waals surface area (Å²) >= 11 is 1.56. The SMILES string of the molecule is Cc1c([C@@H](C)NC(=O)CSCc2ccc(C#N)cc2)cnn1C. The van der Waals surface area contributed by atoms with E-state index in [2.05, 4.69) is 16.5 Å². The number of rotatable bonds is 6. The summed E-state index contributed by atoms with van der Waals surface area (Å²) in [7, 11) is 1.89. The molecule has 1 aromatic carbocycles. The largest absolute Gasteiger partial charge is 0.349 e. The Morgan fingerprint density at radius 1 is 1.43 bits per heavy atom. The first kappa shape index (κ1) is 17.1. The summed E-state index contributed by atoms with van der Waals surface area (Å²) in [4.78, 5) is 12.0. The first-order valence-electron chi connectivity index (χ1n) is 7.36. The van der Waals surface area contributed by atoms with E-state index in [1.807, 2.05) is 33.0 Å². The summed E-state index contributed by atoms with van der Waals surface area (Å²) < 4.78 is 1.80. The van der Waals surface area contributed by atoms with Crippen molar-refractivity contribution in [1.82, 2.24) is 15.1 Å². The van der Waals surface area contributed by atoms with E-state index in [1.54, 1.807) is 34.8 Å². The highest BCUT2D eigenvalue weighted by molar-refractivity contribution is 7.99. The van der Waals surface area contributed by atoms with E-state index in [0.717, 1.165) is 22.6 Å². The summed E-state index contributed by atoms with van der Waals surface area (Å²) in [5, 5.41) is 16.0. The fourth-order valence-electron chi connectivity index (χ4n) is 2.24. The molecule has 0 bridgehead atoms. The summed E-state index contributed by atoms with van der Waals surface area (Å²) in [5.74, 6) is 1.17. The van der Waals surface area contributed by atoms with Crippen LogP contribution in [0, 0.1) is 18.3 Å². The van der Waals surface area contributed by atoms with Gasteiger partial charge in [-0.05, 0) is 31.5 Å². The van der Waals surface area contributed by atoms with Crippen LogP contribution in [0.4, 0.5) is 0 Å². The second-order valence-corrected chi connectivity index (χ2v) is 6.39. The minimum Gasteiger partial charge on any atom is -0.349 e. The lowest BCUT2D eigenvalue weighted by Gasteiger charge is -2.13. The zero-order chi connectivity index (χ0) is 16.8. The molecule has 0 saturated heterocycles. The van der Waals surface area contributed by atoms with Crippen molar-refractivity contribution in [2.24, 2.45) is 7.05 Å². The highest BCUT2D eigenvalue weighted by Gasteiger charge is 2.14. The average molecular weight is 328 g/mol. The molecule has 1 heterocycles. The van der Waals surface area contributed by atoms with Gasteiger partial charge >= 0.3 is 0 Å². The molecule has 0 unspecified atom stereocenters. The molecule has 2 rings (SSSR count). The molecule has 1 N–H and O–H groups in total. The maximum atomic E-state index is 12.0. The number of benzene rings is 1. The molecular formula is C17H20N4OS. The first-order chi connectivity index (χ1) is 11.0. The average Bonchev–Trinajstić information content (AvgIpc) is 2.87. The van der Waals surface area contributed by atoms with Crippen molar-refractivity contribution in [3.63, 3.8) is 0 Å². The van der Waals surface area contributed by atoms with Crippen LogP contribution in [-0.4, -0.2) is 21.4 Å². The van der Waals surface area contributed by atoms with Crippen LogP contribution in [0.3, 0.4) is 0 Å². The molecular weight excluding hydrogens is 308 g/mol. The number of carbonyl (C=O) groups excluding carboxylic acids is 1. The summed E-state index contributed by atoms with van der Waals surface area (Å²) in [6.07, 6.45) is 1.80. The fraction of sp³-hybridized carbons (Fsp3) is 0.353. The van der Waals surface area contributed by atoms with Gasteiger partial charge in [0.25, 0.3) is 0 Å². The maximum absolute atomic E-state index is 12.0. The highest BCUT2D eigenvalue weighted by Crippen LogP contribution is 2.17. The van der Waals surface area contributed by atoms with Crippen molar-refractivity contribution in [1.29, 1.82) is 5.26 Å². The zero-order valence-corrected chi connectivity index (χ0v) is 14.4. The Kier molecular flexibility index (Phi) is 5.83. The molecule has 5 nitrogen and oxygen atoms in total. The summed E-state index contributed by atoms with van der Waals surface area (Å²) in [6, 6.07) is 9.48. The van der Waals surface area contributed by atoms with Crippen LogP contribution < -0.4 is 5.32 Å². The molecule has 0 radical (unpaired) electrons. The van der Waals surface area contributed by atoms with E-state index in [1.165, 1.54) is 0 Å². The van der Waals surface area contributed by atoms with Gasteiger partial charge in [0, 0.05) is 24.1 Å². The number of nitrogens with one attached hydrogen (secondary N) is 1. The fourth-order valence-corrected chi connectivity index (χ4v) is 3.04. The molecule has 2 aromatic rings. The van der Waals surface area contributed by atoms with Crippen LogP contribution in [0.1, 0.15) is 35.3 Å². The van der Waals surface area contributed by atoms with E-state index in [4.69, 9.17) is 5.26 Å². The number of aromatic nitrogens is 2. The maximum Gasteiger partial charge on any atom is 0.230 e. The van der Waals surface area contributed by atoms with Gasteiger partial charge in [0.1, 0.15) is 0 Å². The molecule has 6 heteroatoms. The molecule has 1 atom stereocenters. The Morgan fingerprint density at radius 2 is 2.13 bits per heavy atom. The van der Waals surface area contributed by atoms with Gasteiger partial charge in [0.2, 0.25) is 5.91 Å². The highest BCUT2D eigenvalue weighted by atomic mass is 32.2. The van der Waals surface area contributed by atoms with Crippen molar-refractivity contribution < 1.29 is 4.79 Å². The van der Waals surface area contributed by atoms with Crippen LogP contribution in [-0.2, 0) is 17.6 Å². The van der Waals surface area contributed by atoms with Crippen molar-refractivity contribution in [2.45, 2.75) is 25.6 Å². The number of thioether (sulfide) groups is 1. The monoisotopic (exact) mass is 328 g/mol. The standard InChI is InChI=1S/C17H20N4OS/c1-12(16-9-19-21(3)13(16)2)20-17(22)11-23-10-15-6-4-14(8-18)5-7-15/h4-7,9,12H,10-11H2,1-3H3,(H,20,22)/t12-/m1/s1. The normalized spacial score (nSPS) is 11.7. The van der Waals surface area contributed by atoms with Gasteiger partial charge in [-0.3, -0.25) is 9.48 Å². The van der Waals surface area contributed by atoms with Crippen molar-refractivity contribution in [2.75, 3.05) is 5.75 Å². The summed E-state index contributed by atoms with van der Waals surface area (Å²) in [6.45, 7) is 3.96. The van der Waals surface area contributed by atoms with Gasteiger partial charge in [-0.25, -0.2) is 0 Å². The van der Waals surface area contributed by atoms with Crippen LogP contribution >= 0.6 is 11.8 Å². The third-order valence-corrected chi connectivity index (χ3v) is 4.71. The van der Waals surface area contributed by atoms with Gasteiger partial charge < -0.3 is 5.32 Å². The minimum absolute atomic E-state index is 0.0133. The topological polar surface area (TPSA) is 70.7 Å². The Hall–Kier alpha value is -2.26. The predicted molar refractivity (Wildman–Crippen MR) is 91.8 cm³/mol. The predicted octanol–water partition coefficient (Wildman–Crippen LogP) is 2.71. The van der Waals surface area contributed by atoms with E-state index in [9.17, 15) is 4.79 Å². The van der Waals surface area contributed by atoms with E-state index < -0.39 is 0 Å². The lowest BCUT2D eigenvalue weighted by Crippen LogP contribution is -2.28. The van der Waals surface area contributed by atoms with Crippen LogP contribution in [0.25, 0.3) is 0 Å². The molecule has 0 saturated carbocycles. The minimum atomic E-state index is -0.0493. The Labute approximate surface area is 140 Å². The number of nitrogens with zero attached hydrogens (tertiary/aromatic N) is 3. The molecule has 0 aliphatic heterocycles. The number of hydrogen-bond donors (Lipinski definition) is 1. The third-order valence-electron chi connectivity index (χ3n) is 3.70. The lowest BCUT2D eigenvalue weighted by molar-refractivity contribution is -0.119. The molecule has 0 fully saturated rings. The van der Waals surface area contributed by atoms with Crippen molar-refractivity contribution in [3.8, 4) is 6.07 Å². The molecule has 0 aliphatic rings. The Morgan fingerprint density at radius 3 is 2.70 bits per heavy atom. The van der Waals surface area contributed by atoms with Gasteiger partial charge in [-0.1, -0.05) is 12.1 Å². The zero-order valence-electron chi connectivity index (χ0n) is 13.5. The van der Waals surface area contributed by atoms with E-state index >= 15 is 0 Å². The van der Waals surface area contributed by atoms with E-state index in [-0.39, 0.29) is 11.9 Å². The molecule has 23 heavy (non-hydrogen) atoms. The third kappa shape index (κ3) is 4.60. The molecule has 1 aromatic heterocycles. The quantitative estimate of drug-likeness (QED) is 0.885. The number of nitriles is 1. The van der Waals surface area contributed by atoms with Gasteiger partial charge in [-0.15, -0.1) is 11.8 Å². The first-order valence-corrected chi connectivity index (χ1v) is 8.51. The lowest BCUT2D eigenvalue weighted by atomic mass is 10.1. The number of carbonyl (C=O) groups is 1. The molecule has 0 spiro atoms. The van der Waals surface area contributed by atoms with Crippen molar-refractivity contribution in [3.05, 3.63) is 52.8 Å². The Bertz CT molecular complexity index is 715. The van der Waals surface area contributed by atoms with Gasteiger partial charge in [-0.2, -0.15) is 10.4 Å². The van der Waals surface area contributed by atoms with E-state index in [0.29, 0.717) is 11.3 Å².